The van der Waals surface area contributed by atoms with Gasteiger partial charge in [-0.05, 0) is 0 Å². The summed E-state index contributed by atoms with van der Waals surface area (Å²) >= 11 is 0. The van der Waals surface area contributed by atoms with Crippen LogP contribution in [0.25, 0.3) is 0 Å². The minimum Gasteiger partial charge on any atom is -0.473 e. The van der Waals surface area contributed by atoms with Crippen molar-refractivity contribution >= 4 is 11.9 Å². The first kappa shape index (κ1) is 47.0. The van der Waals surface area contributed by atoms with E-state index in [2.05, 4.69) is 0 Å². The predicted octanol–water partition coefficient (Wildman–Crippen LogP) is -4.15. The summed E-state index contributed by atoms with van der Waals surface area (Å²) < 4.78 is 0. The van der Waals surface area contributed by atoms with E-state index in [0.717, 1.165) is 0 Å². The molecule has 0 aliphatic carbocycles. The molecule has 0 spiro atoms. The predicted molar refractivity (Wildman–Crippen MR) is 29.7 cm³/mol. The molecule has 0 aromatic heterocycles. The summed E-state index contributed by atoms with van der Waals surface area (Å²) in [5.41, 5.74) is 0. The van der Waals surface area contributed by atoms with Gasteiger partial charge < -0.3 is 32.1 Å². The van der Waals surface area contributed by atoms with Crippen LogP contribution in [0.3, 0.4) is 0 Å². The molecule has 0 aliphatic heterocycles. The van der Waals surface area contributed by atoms with Crippen LogP contribution in [0.15, 0.2) is 0 Å². The molecule has 0 radical (unpaired) electrons. The minimum atomic E-state index is -1.82. The molecule has 0 amide bonds. The second-order valence-electron chi connectivity index (χ2n) is 0.610. The average molecular weight is 357 g/mol. The van der Waals surface area contributed by atoms with Gasteiger partial charge in [-0.3, -0.25) is 0 Å². The third kappa shape index (κ3) is 43.9. The largest absolute Gasteiger partial charge is 0.473 e. The smallest absolute Gasteiger partial charge is 0.414 e. The SMILES string of the molecule is O.O.O.O.O=C(O)C(=O)O.[Pt]. The third-order valence-electron chi connectivity index (χ3n) is 0.183. The van der Waals surface area contributed by atoms with Gasteiger partial charge in [-0.2, -0.15) is 0 Å². The number of rotatable bonds is 0. The summed E-state index contributed by atoms with van der Waals surface area (Å²) in [5.74, 6) is -3.65. The maximum Gasteiger partial charge on any atom is 0.414 e. The Kier molecular flexibility index (Phi) is 97.0. The average Bonchev–Trinajstić information content (AvgIpc) is 1.36. The molecule has 0 unspecified atom stereocenters. The summed E-state index contributed by atoms with van der Waals surface area (Å²) in [6, 6.07) is 0. The molecule has 76 valence electrons. The summed E-state index contributed by atoms with van der Waals surface area (Å²) in [6.07, 6.45) is 0. The van der Waals surface area contributed by atoms with Crippen LogP contribution in [0.4, 0.5) is 0 Å². The minimum absolute atomic E-state index is 0. The van der Waals surface area contributed by atoms with Crippen molar-refractivity contribution in [2.24, 2.45) is 0 Å². The Morgan fingerprint density at radius 2 is 0.818 bits per heavy atom. The van der Waals surface area contributed by atoms with Crippen molar-refractivity contribution in [3.63, 3.8) is 0 Å². The molecular formula is C2H10O8Pt. The van der Waals surface area contributed by atoms with Crippen molar-refractivity contribution in [3.8, 4) is 0 Å². The van der Waals surface area contributed by atoms with E-state index < -0.39 is 11.9 Å². The van der Waals surface area contributed by atoms with Crippen LogP contribution in [0.1, 0.15) is 0 Å². The molecule has 0 saturated heterocycles. The third-order valence-corrected chi connectivity index (χ3v) is 0.183. The van der Waals surface area contributed by atoms with E-state index in [1.165, 1.54) is 0 Å². The van der Waals surface area contributed by atoms with E-state index in [1.807, 2.05) is 0 Å². The second kappa shape index (κ2) is 22.7. The zero-order valence-electron chi connectivity index (χ0n) is 5.03. The molecule has 10 N–H and O–H groups in total. The molecule has 0 aromatic rings. The fraction of sp³-hybridized carbons (Fsp3) is 0. The first-order valence-electron chi connectivity index (χ1n) is 1.11. The van der Waals surface area contributed by atoms with E-state index in [9.17, 15) is 0 Å². The fourth-order valence-electron chi connectivity index (χ4n) is 0. The van der Waals surface area contributed by atoms with Crippen molar-refractivity contribution in [3.05, 3.63) is 0 Å². The fourth-order valence-corrected chi connectivity index (χ4v) is 0. The summed E-state index contributed by atoms with van der Waals surface area (Å²) in [4.78, 5) is 18.2. The molecular weight excluding hydrogens is 347 g/mol. The molecule has 8 nitrogen and oxygen atoms in total. The molecule has 0 bridgehead atoms. The molecule has 9 heteroatoms. The Bertz CT molecular complexity index is 78.1. The van der Waals surface area contributed by atoms with Gasteiger partial charge in [0.2, 0.25) is 0 Å². The number of aliphatic carboxylic acids is 2. The van der Waals surface area contributed by atoms with Crippen molar-refractivity contribution in [1.82, 2.24) is 0 Å². The monoisotopic (exact) mass is 357 g/mol. The number of hydrogen-bond donors (Lipinski definition) is 2. The van der Waals surface area contributed by atoms with Crippen molar-refractivity contribution < 1.29 is 62.8 Å². The van der Waals surface area contributed by atoms with Crippen LogP contribution >= 0.6 is 0 Å². The molecule has 0 fully saturated rings. The number of carbonyl (C=O) groups is 2. The maximum absolute atomic E-state index is 9.10. The van der Waals surface area contributed by atoms with Gasteiger partial charge in [0.25, 0.3) is 0 Å². The van der Waals surface area contributed by atoms with E-state index in [1.54, 1.807) is 0 Å². The first-order valence-corrected chi connectivity index (χ1v) is 1.11. The zero-order valence-corrected chi connectivity index (χ0v) is 7.30. The molecule has 0 saturated carbocycles. The number of carboxylic acid groups (broad SMARTS) is 2. The molecule has 0 atom stereocenters. The topological polar surface area (TPSA) is 201 Å². The maximum atomic E-state index is 9.10. The van der Waals surface area contributed by atoms with Gasteiger partial charge in [0.05, 0.1) is 0 Å². The zero-order chi connectivity index (χ0) is 5.15. The van der Waals surface area contributed by atoms with Crippen molar-refractivity contribution in [2.45, 2.75) is 0 Å². The van der Waals surface area contributed by atoms with Crippen LogP contribution in [-0.4, -0.2) is 44.1 Å². The molecule has 0 heterocycles. The van der Waals surface area contributed by atoms with Crippen LogP contribution < -0.4 is 0 Å². The standard InChI is InChI=1S/C2H2O4.4H2O.Pt/c3-1(4)2(5)6;;;;;/h(H,3,4)(H,5,6);4*1H2;. The Labute approximate surface area is 75.3 Å². The molecule has 0 aromatic carbocycles. The van der Waals surface area contributed by atoms with Crippen LogP contribution in [0.2, 0.25) is 0 Å². The van der Waals surface area contributed by atoms with E-state index in [-0.39, 0.29) is 43.0 Å². The number of carboxylic acids is 2. The Morgan fingerprint density at radius 1 is 0.727 bits per heavy atom. The molecule has 11 heavy (non-hydrogen) atoms. The van der Waals surface area contributed by atoms with Gasteiger partial charge in [-0.15, -0.1) is 0 Å². The van der Waals surface area contributed by atoms with Gasteiger partial charge in [-0.1, -0.05) is 0 Å². The quantitative estimate of drug-likeness (QED) is 0.415. The molecule has 0 aliphatic rings. The first-order chi connectivity index (χ1) is 2.64. The van der Waals surface area contributed by atoms with Crippen LogP contribution in [-0.2, 0) is 30.7 Å². The van der Waals surface area contributed by atoms with Crippen LogP contribution in [0, 0.1) is 0 Å². The van der Waals surface area contributed by atoms with Gasteiger partial charge in [0.1, 0.15) is 0 Å². The normalized spacial score (nSPS) is 4.00. The van der Waals surface area contributed by atoms with Gasteiger partial charge in [0, 0.05) is 21.1 Å². The van der Waals surface area contributed by atoms with Gasteiger partial charge >= 0.3 is 11.9 Å². The van der Waals surface area contributed by atoms with Crippen LogP contribution in [0.5, 0.6) is 0 Å². The Balaban J connectivity index is -0.0000000125. The number of hydrogen-bond acceptors (Lipinski definition) is 2. The Morgan fingerprint density at radius 3 is 0.818 bits per heavy atom. The van der Waals surface area contributed by atoms with E-state index in [4.69, 9.17) is 19.8 Å². The van der Waals surface area contributed by atoms with Crippen molar-refractivity contribution in [2.75, 3.05) is 0 Å². The van der Waals surface area contributed by atoms with Gasteiger partial charge in [0.15, 0.2) is 0 Å². The summed E-state index contributed by atoms with van der Waals surface area (Å²) in [6.45, 7) is 0. The Hall–Kier alpha value is -0.532. The van der Waals surface area contributed by atoms with E-state index >= 15 is 0 Å². The van der Waals surface area contributed by atoms with Crippen molar-refractivity contribution in [1.29, 1.82) is 0 Å². The summed E-state index contributed by atoms with van der Waals surface area (Å²) in [7, 11) is 0. The van der Waals surface area contributed by atoms with E-state index in [0.29, 0.717) is 0 Å². The second-order valence-corrected chi connectivity index (χ2v) is 0.610. The summed E-state index contributed by atoms with van der Waals surface area (Å²) in [5, 5.41) is 14.8. The van der Waals surface area contributed by atoms with Gasteiger partial charge in [-0.25, -0.2) is 9.59 Å². The molecule has 0 rings (SSSR count).